The SMILES string of the molecule is O=C(C[C@H]1CCCC[C@@H]1O)c1ccccc1. The summed E-state index contributed by atoms with van der Waals surface area (Å²) in [6.07, 6.45) is 4.29. The molecule has 16 heavy (non-hydrogen) atoms. The Labute approximate surface area is 96.3 Å². The van der Waals surface area contributed by atoms with Crippen molar-refractivity contribution >= 4 is 5.78 Å². The van der Waals surface area contributed by atoms with Crippen LogP contribution in [0, 0.1) is 5.92 Å². The van der Waals surface area contributed by atoms with Gasteiger partial charge in [-0.3, -0.25) is 4.79 Å². The van der Waals surface area contributed by atoms with Crippen molar-refractivity contribution in [2.24, 2.45) is 5.92 Å². The predicted octanol–water partition coefficient (Wildman–Crippen LogP) is 2.81. The minimum atomic E-state index is -0.276. The maximum atomic E-state index is 11.9. The lowest BCUT2D eigenvalue weighted by Crippen LogP contribution is -2.26. The van der Waals surface area contributed by atoms with Gasteiger partial charge in [-0.15, -0.1) is 0 Å². The van der Waals surface area contributed by atoms with Crippen molar-refractivity contribution in [3.05, 3.63) is 35.9 Å². The molecule has 2 atom stereocenters. The molecule has 0 unspecified atom stereocenters. The molecular weight excluding hydrogens is 200 g/mol. The number of Topliss-reactive ketones (excluding diaryl/α,β-unsaturated/α-hetero) is 1. The monoisotopic (exact) mass is 218 g/mol. The summed E-state index contributed by atoms with van der Waals surface area (Å²) in [7, 11) is 0. The Hall–Kier alpha value is -1.15. The van der Waals surface area contributed by atoms with E-state index in [0.29, 0.717) is 6.42 Å². The summed E-state index contributed by atoms with van der Waals surface area (Å²) in [6, 6.07) is 9.36. The number of hydrogen-bond acceptors (Lipinski definition) is 2. The van der Waals surface area contributed by atoms with Crippen LogP contribution in [0.2, 0.25) is 0 Å². The lowest BCUT2D eigenvalue weighted by Gasteiger charge is -2.26. The molecule has 2 heteroatoms. The van der Waals surface area contributed by atoms with E-state index in [1.807, 2.05) is 30.3 Å². The molecule has 1 aliphatic rings. The van der Waals surface area contributed by atoms with Crippen LogP contribution in [0.3, 0.4) is 0 Å². The Morgan fingerprint density at radius 2 is 1.88 bits per heavy atom. The highest BCUT2D eigenvalue weighted by atomic mass is 16.3. The first-order valence-corrected chi connectivity index (χ1v) is 6.03. The number of aliphatic hydroxyl groups excluding tert-OH is 1. The van der Waals surface area contributed by atoms with Gasteiger partial charge in [0.05, 0.1) is 6.10 Å². The molecule has 0 aromatic heterocycles. The molecule has 2 nitrogen and oxygen atoms in total. The summed E-state index contributed by atoms with van der Waals surface area (Å²) in [5.41, 5.74) is 0.764. The van der Waals surface area contributed by atoms with E-state index in [9.17, 15) is 9.90 Å². The Bertz CT molecular complexity index is 345. The van der Waals surface area contributed by atoms with Gasteiger partial charge in [-0.1, -0.05) is 43.2 Å². The highest BCUT2D eigenvalue weighted by Gasteiger charge is 2.25. The second-order valence-corrected chi connectivity index (χ2v) is 4.61. The van der Waals surface area contributed by atoms with Crippen molar-refractivity contribution in [1.82, 2.24) is 0 Å². The van der Waals surface area contributed by atoms with E-state index in [2.05, 4.69) is 0 Å². The molecule has 0 radical (unpaired) electrons. The van der Waals surface area contributed by atoms with Crippen molar-refractivity contribution < 1.29 is 9.90 Å². The normalized spacial score (nSPS) is 25.3. The molecule has 0 amide bonds. The Balaban J connectivity index is 1.96. The fraction of sp³-hybridized carbons (Fsp3) is 0.500. The van der Waals surface area contributed by atoms with E-state index in [1.165, 1.54) is 0 Å². The maximum Gasteiger partial charge on any atom is 0.163 e. The van der Waals surface area contributed by atoms with Gasteiger partial charge in [0.15, 0.2) is 5.78 Å². The van der Waals surface area contributed by atoms with Crippen molar-refractivity contribution in [3.8, 4) is 0 Å². The number of benzene rings is 1. The maximum absolute atomic E-state index is 11.9. The van der Waals surface area contributed by atoms with Crippen LogP contribution < -0.4 is 0 Å². The van der Waals surface area contributed by atoms with Gasteiger partial charge in [-0.25, -0.2) is 0 Å². The second kappa shape index (κ2) is 5.26. The molecule has 1 saturated carbocycles. The predicted molar refractivity (Wildman–Crippen MR) is 63.4 cm³/mol. The molecule has 0 saturated heterocycles. The Kier molecular flexibility index (Phi) is 3.73. The first-order valence-electron chi connectivity index (χ1n) is 6.03. The number of hydrogen-bond donors (Lipinski definition) is 1. The van der Waals surface area contributed by atoms with E-state index < -0.39 is 0 Å². The number of carbonyl (C=O) groups excluding carboxylic acids is 1. The number of rotatable bonds is 3. The number of ketones is 1. The summed E-state index contributed by atoms with van der Waals surface area (Å²) in [4.78, 5) is 11.9. The third kappa shape index (κ3) is 2.70. The van der Waals surface area contributed by atoms with Crippen molar-refractivity contribution in [3.63, 3.8) is 0 Å². The van der Waals surface area contributed by atoms with Gasteiger partial charge < -0.3 is 5.11 Å². The highest BCUT2D eigenvalue weighted by molar-refractivity contribution is 5.96. The van der Waals surface area contributed by atoms with Crippen LogP contribution in [-0.2, 0) is 0 Å². The third-order valence-corrected chi connectivity index (χ3v) is 3.41. The van der Waals surface area contributed by atoms with Gasteiger partial charge >= 0.3 is 0 Å². The molecule has 2 rings (SSSR count). The zero-order valence-electron chi connectivity index (χ0n) is 9.43. The van der Waals surface area contributed by atoms with Crippen LogP contribution >= 0.6 is 0 Å². The van der Waals surface area contributed by atoms with E-state index in [0.717, 1.165) is 31.2 Å². The van der Waals surface area contributed by atoms with Crippen LogP contribution in [0.5, 0.6) is 0 Å². The van der Waals surface area contributed by atoms with Gasteiger partial charge in [0.2, 0.25) is 0 Å². The fourth-order valence-electron chi connectivity index (χ4n) is 2.41. The smallest absolute Gasteiger partial charge is 0.163 e. The van der Waals surface area contributed by atoms with E-state index in [-0.39, 0.29) is 17.8 Å². The molecule has 1 aromatic rings. The zero-order valence-corrected chi connectivity index (χ0v) is 9.43. The Morgan fingerprint density at radius 3 is 2.56 bits per heavy atom. The molecular formula is C14H18O2. The number of aliphatic hydroxyl groups is 1. The standard InChI is InChI=1S/C14H18O2/c15-13-9-5-4-8-12(13)10-14(16)11-6-2-1-3-7-11/h1-3,6-7,12-13,15H,4-5,8-10H2/t12-,13+/m1/s1. The first kappa shape index (κ1) is 11.3. The molecule has 0 heterocycles. The summed E-state index contributed by atoms with van der Waals surface area (Å²) in [5.74, 6) is 0.327. The van der Waals surface area contributed by atoms with Gasteiger partial charge in [0.25, 0.3) is 0 Å². The third-order valence-electron chi connectivity index (χ3n) is 3.41. The average Bonchev–Trinajstić information content (AvgIpc) is 2.33. The van der Waals surface area contributed by atoms with Gasteiger partial charge in [0.1, 0.15) is 0 Å². The highest BCUT2D eigenvalue weighted by Crippen LogP contribution is 2.28. The Morgan fingerprint density at radius 1 is 1.19 bits per heavy atom. The minimum absolute atomic E-state index is 0.159. The van der Waals surface area contributed by atoms with Crippen molar-refractivity contribution in [1.29, 1.82) is 0 Å². The largest absolute Gasteiger partial charge is 0.393 e. The quantitative estimate of drug-likeness (QED) is 0.792. The van der Waals surface area contributed by atoms with E-state index in [1.54, 1.807) is 0 Å². The molecule has 1 fully saturated rings. The van der Waals surface area contributed by atoms with E-state index >= 15 is 0 Å². The lowest BCUT2D eigenvalue weighted by molar-refractivity contribution is 0.0583. The summed E-state index contributed by atoms with van der Waals surface area (Å²) >= 11 is 0. The van der Waals surface area contributed by atoms with Crippen LogP contribution in [0.4, 0.5) is 0 Å². The molecule has 86 valence electrons. The second-order valence-electron chi connectivity index (χ2n) is 4.61. The topological polar surface area (TPSA) is 37.3 Å². The van der Waals surface area contributed by atoms with Crippen LogP contribution in [-0.4, -0.2) is 17.0 Å². The van der Waals surface area contributed by atoms with Gasteiger partial charge in [-0.2, -0.15) is 0 Å². The van der Waals surface area contributed by atoms with Crippen LogP contribution in [0.25, 0.3) is 0 Å². The van der Waals surface area contributed by atoms with Crippen molar-refractivity contribution in [2.45, 2.75) is 38.2 Å². The molecule has 1 N–H and O–H groups in total. The summed E-state index contributed by atoms with van der Waals surface area (Å²) < 4.78 is 0. The minimum Gasteiger partial charge on any atom is -0.393 e. The van der Waals surface area contributed by atoms with Gasteiger partial charge in [0, 0.05) is 12.0 Å². The lowest BCUT2D eigenvalue weighted by atomic mass is 9.82. The molecule has 1 aromatic carbocycles. The number of carbonyl (C=O) groups is 1. The molecule has 0 spiro atoms. The summed E-state index contributed by atoms with van der Waals surface area (Å²) in [5, 5.41) is 9.81. The zero-order chi connectivity index (χ0) is 11.4. The summed E-state index contributed by atoms with van der Waals surface area (Å²) in [6.45, 7) is 0. The van der Waals surface area contributed by atoms with Crippen molar-refractivity contribution in [2.75, 3.05) is 0 Å². The molecule has 0 bridgehead atoms. The molecule has 1 aliphatic carbocycles. The van der Waals surface area contributed by atoms with Crippen LogP contribution in [0.15, 0.2) is 30.3 Å². The van der Waals surface area contributed by atoms with Crippen LogP contribution in [0.1, 0.15) is 42.5 Å². The average molecular weight is 218 g/mol. The van der Waals surface area contributed by atoms with E-state index in [4.69, 9.17) is 0 Å². The fourth-order valence-corrected chi connectivity index (χ4v) is 2.41. The first-order chi connectivity index (χ1) is 7.77. The van der Waals surface area contributed by atoms with Gasteiger partial charge in [-0.05, 0) is 18.8 Å². The molecule has 0 aliphatic heterocycles.